The van der Waals surface area contributed by atoms with Crippen molar-refractivity contribution in [2.24, 2.45) is 12.8 Å². The SMILES string of the molecule is Cn1ncnc1-c1ccc(Nc2cn(-c3c(Cl)cccc3Cl)nc2C(N)=O)cc1. The predicted molar refractivity (Wildman–Crippen MR) is 112 cm³/mol. The summed E-state index contributed by atoms with van der Waals surface area (Å²) < 4.78 is 3.12. The van der Waals surface area contributed by atoms with Gasteiger partial charge in [0, 0.05) is 18.3 Å². The minimum atomic E-state index is -0.676. The Morgan fingerprint density at radius 3 is 2.38 bits per heavy atom. The maximum Gasteiger partial charge on any atom is 0.271 e. The molecule has 2 aromatic carbocycles. The fourth-order valence-electron chi connectivity index (χ4n) is 2.89. The number of nitrogens with zero attached hydrogens (tertiary/aromatic N) is 5. The average Bonchev–Trinajstić information content (AvgIpc) is 3.29. The maximum absolute atomic E-state index is 11.9. The number of carbonyl (C=O) groups is 1. The second kappa shape index (κ2) is 7.57. The summed E-state index contributed by atoms with van der Waals surface area (Å²) in [5, 5.41) is 12.3. The number of aromatic nitrogens is 5. The number of aryl methyl sites for hydroxylation is 1. The molecule has 0 radical (unpaired) electrons. The lowest BCUT2D eigenvalue weighted by molar-refractivity contribution is 0.0996. The lowest BCUT2D eigenvalue weighted by atomic mass is 10.2. The van der Waals surface area contributed by atoms with Gasteiger partial charge in [0.15, 0.2) is 11.5 Å². The molecule has 0 saturated heterocycles. The molecule has 10 heteroatoms. The molecule has 29 heavy (non-hydrogen) atoms. The Morgan fingerprint density at radius 2 is 1.79 bits per heavy atom. The van der Waals surface area contributed by atoms with Crippen molar-refractivity contribution in [3.05, 3.63) is 70.7 Å². The van der Waals surface area contributed by atoms with Crippen LogP contribution in [-0.4, -0.2) is 30.5 Å². The number of amides is 1. The zero-order valence-electron chi connectivity index (χ0n) is 15.2. The van der Waals surface area contributed by atoms with Gasteiger partial charge in [-0.3, -0.25) is 4.79 Å². The van der Waals surface area contributed by atoms with Crippen molar-refractivity contribution >= 4 is 40.5 Å². The summed E-state index contributed by atoms with van der Waals surface area (Å²) in [6.07, 6.45) is 3.11. The van der Waals surface area contributed by atoms with Gasteiger partial charge in [-0.15, -0.1) is 0 Å². The van der Waals surface area contributed by atoms with Crippen molar-refractivity contribution in [3.8, 4) is 17.1 Å². The molecule has 8 nitrogen and oxygen atoms in total. The van der Waals surface area contributed by atoms with Gasteiger partial charge in [0.05, 0.1) is 21.9 Å². The molecule has 0 atom stereocenters. The van der Waals surface area contributed by atoms with E-state index in [-0.39, 0.29) is 5.69 Å². The number of carbonyl (C=O) groups excluding carboxylic acids is 1. The molecule has 0 aliphatic rings. The number of anilines is 2. The molecule has 0 spiro atoms. The van der Waals surface area contributed by atoms with E-state index >= 15 is 0 Å². The molecule has 0 bridgehead atoms. The van der Waals surface area contributed by atoms with Gasteiger partial charge in [-0.25, -0.2) is 14.3 Å². The summed E-state index contributed by atoms with van der Waals surface area (Å²) in [6, 6.07) is 12.6. The largest absolute Gasteiger partial charge is 0.364 e. The normalized spacial score (nSPS) is 10.9. The van der Waals surface area contributed by atoms with Crippen molar-refractivity contribution in [2.45, 2.75) is 0 Å². The van der Waals surface area contributed by atoms with E-state index in [1.54, 1.807) is 29.1 Å². The van der Waals surface area contributed by atoms with Crippen molar-refractivity contribution in [2.75, 3.05) is 5.32 Å². The van der Waals surface area contributed by atoms with Crippen molar-refractivity contribution in [1.82, 2.24) is 24.5 Å². The lowest BCUT2D eigenvalue weighted by Crippen LogP contribution is -2.14. The van der Waals surface area contributed by atoms with Crippen LogP contribution in [0, 0.1) is 0 Å². The van der Waals surface area contributed by atoms with Crippen LogP contribution in [0.15, 0.2) is 55.0 Å². The third-order valence-electron chi connectivity index (χ3n) is 4.25. The summed E-state index contributed by atoms with van der Waals surface area (Å²) in [5.41, 5.74) is 8.11. The first-order valence-electron chi connectivity index (χ1n) is 8.49. The highest BCUT2D eigenvalue weighted by molar-refractivity contribution is 6.37. The number of primary amides is 1. The van der Waals surface area contributed by atoms with Crippen LogP contribution in [0.2, 0.25) is 10.0 Å². The number of hydrogen-bond donors (Lipinski definition) is 2. The molecule has 0 fully saturated rings. The summed E-state index contributed by atoms with van der Waals surface area (Å²) in [6.45, 7) is 0. The first kappa shape index (κ1) is 19.0. The highest BCUT2D eigenvalue weighted by Crippen LogP contribution is 2.30. The van der Waals surface area contributed by atoms with Gasteiger partial charge in [0.25, 0.3) is 5.91 Å². The lowest BCUT2D eigenvalue weighted by Gasteiger charge is -2.07. The number of nitrogens with two attached hydrogens (primary N) is 1. The highest BCUT2D eigenvalue weighted by Gasteiger charge is 2.18. The van der Waals surface area contributed by atoms with E-state index in [2.05, 4.69) is 20.5 Å². The number of rotatable bonds is 5. The third kappa shape index (κ3) is 3.67. The summed E-state index contributed by atoms with van der Waals surface area (Å²) in [4.78, 5) is 16.1. The van der Waals surface area contributed by atoms with E-state index in [0.717, 1.165) is 17.1 Å². The molecular formula is C19H15Cl2N7O. The van der Waals surface area contributed by atoms with Crippen LogP contribution in [0.4, 0.5) is 11.4 Å². The third-order valence-corrected chi connectivity index (χ3v) is 4.86. The van der Waals surface area contributed by atoms with Crippen LogP contribution in [0.3, 0.4) is 0 Å². The van der Waals surface area contributed by atoms with E-state index in [0.29, 0.717) is 21.4 Å². The Kier molecular flexibility index (Phi) is 4.96. The van der Waals surface area contributed by atoms with Crippen LogP contribution in [0.1, 0.15) is 10.5 Å². The van der Waals surface area contributed by atoms with Gasteiger partial charge in [-0.2, -0.15) is 10.2 Å². The number of para-hydroxylation sites is 1. The standard InChI is InChI=1S/C19H15Cl2N7O/c1-27-19(23-10-24-27)11-5-7-12(8-6-11)25-15-9-28(26-16(15)18(22)29)17-13(20)3-2-4-14(17)21/h2-10,25H,1H3,(H2,22,29). The summed E-state index contributed by atoms with van der Waals surface area (Å²) in [7, 11) is 1.82. The Hall–Kier alpha value is -3.36. The van der Waals surface area contributed by atoms with Gasteiger partial charge >= 0.3 is 0 Å². The van der Waals surface area contributed by atoms with Gasteiger partial charge in [-0.05, 0) is 36.4 Å². The molecule has 3 N–H and O–H groups in total. The second-order valence-electron chi connectivity index (χ2n) is 6.18. The van der Waals surface area contributed by atoms with Crippen molar-refractivity contribution < 1.29 is 4.79 Å². The first-order valence-corrected chi connectivity index (χ1v) is 9.25. The fraction of sp³-hybridized carbons (Fsp3) is 0.0526. The summed E-state index contributed by atoms with van der Waals surface area (Å²) >= 11 is 12.5. The number of hydrogen-bond acceptors (Lipinski definition) is 5. The van der Waals surface area contributed by atoms with Crippen molar-refractivity contribution in [1.29, 1.82) is 0 Å². The molecule has 146 valence electrons. The molecular weight excluding hydrogens is 413 g/mol. The van der Waals surface area contributed by atoms with Gasteiger partial charge < -0.3 is 11.1 Å². The number of nitrogens with one attached hydrogen (secondary N) is 1. The van der Waals surface area contributed by atoms with Gasteiger partial charge in [0.1, 0.15) is 12.0 Å². The van der Waals surface area contributed by atoms with Crippen LogP contribution in [0.25, 0.3) is 17.1 Å². The molecule has 0 unspecified atom stereocenters. The van der Waals surface area contributed by atoms with E-state index < -0.39 is 5.91 Å². The quantitative estimate of drug-likeness (QED) is 0.503. The number of benzene rings is 2. The predicted octanol–water partition coefficient (Wildman–Crippen LogP) is 3.82. The maximum atomic E-state index is 11.9. The zero-order valence-corrected chi connectivity index (χ0v) is 16.7. The van der Waals surface area contributed by atoms with Crippen LogP contribution in [0.5, 0.6) is 0 Å². The molecule has 2 aromatic heterocycles. The highest BCUT2D eigenvalue weighted by atomic mass is 35.5. The zero-order chi connectivity index (χ0) is 20.5. The van der Waals surface area contributed by atoms with Gasteiger partial charge in [-0.1, -0.05) is 29.3 Å². The average molecular weight is 428 g/mol. The second-order valence-corrected chi connectivity index (χ2v) is 6.99. The number of halogens is 2. The Balaban J connectivity index is 1.67. The van der Waals surface area contributed by atoms with E-state index in [1.165, 1.54) is 11.0 Å². The van der Waals surface area contributed by atoms with Gasteiger partial charge in [0.2, 0.25) is 0 Å². The molecule has 4 rings (SSSR count). The molecule has 2 heterocycles. The first-order chi connectivity index (χ1) is 13.9. The van der Waals surface area contributed by atoms with Crippen LogP contribution < -0.4 is 11.1 Å². The smallest absolute Gasteiger partial charge is 0.271 e. The van der Waals surface area contributed by atoms with E-state index in [1.807, 2.05) is 31.3 Å². The fourth-order valence-corrected chi connectivity index (χ4v) is 3.46. The summed E-state index contributed by atoms with van der Waals surface area (Å²) in [5.74, 6) is 0.0701. The van der Waals surface area contributed by atoms with E-state index in [4.69, 9.17) is 28.9 Å². The minimum absolute atomic E-state index is 0.0679. The monoisotopic (exact) mass is 427 g/mol. The Labute approximate surface area is 175 Å². The molecule has 0 aliphatic heterocycles. The Morgan fingerprint density at radius 1 is 1.10 bits per heavy atom. The molecule has 0 aliphatic carbocycles. The van der Waals surface area contributed by atoms with Crippen LogP contribution in [-0.2, 0) is 7.05 Å². The molecule has 0 saturated carbocycles. The van der Waals surface area contributed by atoms with Crippen LogP contribution >= 0.6 is 23.2 Å². The topological polar surface area (TPSA) is 104 Å². The molecule has 1 amide bonds. The molecule has 4 aromatic rings. The van der Waals surface area contributed by atoms with E-state index in [9.17, 15) is 4.79 Å². The Bertz CT molecular complexity index is 1180. The van der Waals surface area contributed by atoms with Crippen molar-refractivity contribution in [3.63, 3.8) is 0 Å². The minimum Gasteiger partial charge on any atom is -0.364 e.